The summed E-state index contributed by atoms with van der Waals surface area (Å²) in [5.74, 6) is -4.80. The van der Waals surface area contributed by atoms with Gasteiger partial charge in [0.1, 0.15) is 0 Å². The Morgan fingerprint density at radius 3 is 1.76 bits per heavy atom. The number of alkyl halides is 3. The largest absolute Gasteiger partial charge is 0.471 e. The van der Waals surface area contributed by atoms with Crippen LogP contribution in [0.1, 0.15) is 0 Å². The van der Waals surface area contributed by atoms with E-state index in [2.05, 4.69) is 9.47 Å². The highest BCUT2D eigenvalue weighted by Gasteiger charge is 2.38. The summed E-state index contributed by atoms with van der Waals surface area (Å²) in [6.45, 7) is 0. The van der Waals surface area contributed by atoms with Gasteiger partial charge >= 0.3 is 24.0 Å². The van der Waals surface area contributed by atoms with E-state index in [1.165, 1.54) is 5.32 Å². The maximum absolute atomic E-state index is 11.8. The predicted molar refractivity (Wildman–Crippen MR) is 46.3 cm³/mol. The molecule has 0 aliphatic carbocycles. The fraction of sp³-hybridized carbons (Fsp3) is 0.375. The second kappa shape index (κ2) is 5.87. The summed E-state index contributed by atoms with van der Waals surface area (Å²) in [6, 6.07) is 0. The molecule has 9 heteroatoms. The second-order valence-electron chi connectivity index (χ2n) is 2.51. The number of hydrogen-bond acceptors (Lipinski definition) is 5. The molecule has 0 fully saturated rings. The molecule has 0 rings (SSSR count). The van der Waals surface area contributed by atoms with Crippen molar-refractivity contribution in [2.75, 3.05) is 14.2 Å². The second-order valence-corrected chi connectivity index (χ2v) is 2.51. The molecule has 0 unspecified atom stereocenters. The molecule has 0 aliphatic heterocycles. The van der Waals surface area contributed by atoms with Gasteiger partial charge in [-0.1, -0.05) is 0 Å². The molecule has 1 N–H and O–H groups in total. The van der Waals surface area contributed by atoms with Gasteiger partial charge in [0.15, 0.2) is 5.57 Å². The molecule has 1 amide bonds. The molecule has 96 valence electrons. The highest BCUT2D eigenvalue weighted by Crippen LogP contribution is 2.14. The molecule has 6 nitrogen and oxygen atoms in total. The fourth-order valence-corrected chi connectivity index (χ4v) is 0.641. The topological polar surface area (TPSA) is 81.7 Å². The SMILES string of the molecule is COC(=O)C(=CNC(=O)C(F)(F)F)C(=O)OC. The van der Waals surface area contributed by atoms with Crippen LogP contribution in [0.3, 0.4) is 0 Å². The first-order chi connectivity index (χ1) is 7.73. The zero-order chi connectivity index (χ0) is 13.6. The van der Waals surface area contributed by atoms with Gasteiger partial charge in [-0.05, 0) is 0 Å². The van der Waals surface area contributed by atoms with Crippen molar-refractivity contribution in [2.45, 2.75) is 6.18 Å². The molecule has 0 saturated heterocycles. The highest BCUT2D eigenvalue weighted by atomic mass is 19.4. The third-order valence-corrected chi connectivity index (χ3v) is 1.42. The molecule has 0 saturated carbocycles. The first-order valence-electron chi connectivity index (χ1n) is 3.98. The minimum Gasteiger partial charge on any atom is -0.465 e. The van der Waals surface area contributed by atoms with Crippen LogP contribution in [0.15, 0.2) is 11.8 Å². The van der Waals surface area contributed by atoms with E-state index < -0.39 is 29.6 Å². The van der Waals surface area contributed by atoms with Gasteiger partial charge in [-0.15, -0.1) is 0 Å². The Balaban J connectivity index is 4.90. The number of ether oxygens (including phenoxy) is 2. The number of methoxy groups -OCH3 is 2. The summed E-state index contributed by atoms with van der Waals surface area (Å²) < 4.78 is 43.6. The van der Waals surface area contributed by atoms with Crippen molar-refractivity contribution in [3.8, 4) is 0 Å². The smallest absolute Gasteiger partial charge is 0.465 e. The quantitative estimate of drug-likeness (QED) is 0.329. The molecule has 0 atom stereocenters. The Morgan fingerprint density at radius 2 is 1.47 bits per heavy atom. The summed E-state index contributed by atoms with van der Waals surface area (Å²) >= 11 is 0. The van der Waals surface area contributed by atoms with Gasteiger partial charge in [0.25, 0.3) is 0 Å². The number of hydrogen-bond donors (Lipinski definition) is 1. The van der Waals surface area contributed by atoms with E-state index in [1.54, 1.807) is 0 Å². The summed E-state index contributed by atoms with van der Waals surface area (Å²) in [5.41, 5.74) is -0.868. The van der Waals surface area contributed by atoms with E-state index in [0.717, 1.165) is 14.2 Å². The lowest BCUT2D eigenvalue weighted by molar-refractivity contribution is -0.172. The molecule has 0 aliphatic rings. The minimum absolute atomic E-state index is 0.271. The highest BCUT2D eigenvalue weighted by molar-refractivity contribution is 6.14. The lowest BCUT2D eigenvalue weighted by Crippen LogP contribution is -2.34. The lowest BCUT2D eigenvalue weighted by Gasteiger charge is -2.06. The Kier molecular flexibility index (Phi) is 5.16. The number of nitrogens with one attached hydrogen (secondary N) is 1. The van der Waals surface area contributed by atoms with Crippen molar-refractivity contribution in [3.05, 3.63) is 11.8 Å². The van der Waals surface area contributed by atoms with Crippen LogP contribution in [0.4, 0.5) is 13.2 Å². The Bertz CT molecular complexity index is 343. The first kappa shape index (κ1) is 14.9. The molecule has 0 aromatic carbocycles. The van der Waals surface area contributed by atoms with Crippen molar-refractivity contribution >= 4 is 17.8 Å². The van der Waals surface area contributed by atoms with Crippen LogP contribution >= 0.6 is 0 Å². The normalized spacial score (nSPS) is 10.2. The number of esters is 2. The van der Waals surface area contributed by atoms with Crippen molar-refractivity contribution in [1.82, 2.24) is 5.32 Å². The number of halogens is 3. The summed E-state index contributed by atoms with van der Waals surface area (Å²) in [4.78, 5) is 32.3. The molecule has 0 aromatic heterocycles. The van der Waals surface area contributed by atoms with E-state index in [0.29, 0.717) is 0 Å². The zero-order valence-corrected chi connectivity index (χ0v) is 8.75. The molecule has 0 bridgehead atoms. The third-order valence-electron chi connectivity index (χ3n) is 1.42. The number of carbonyl (C=O) groups excluding carboxylic acids is 3. The van der Waals surface area contributed by atoms with Gasteiger partial charge in [-0.2, -0.15) is 13.2 Å². The van der Waals surface area contributed by atoms with Crippen molar-refractivity contribution in [1.29, 1.82) is 0 Å². The number of amides is 1. The first-order valence-corrected chi connectivity index (χ1v) is 3.98. The van der Waals surface area contributed by atoms with Crippen LogP contribution in [-0.2, 0) is 23.9 Å². The molecule has 0 aromatic rings. The van der Waals surface area contributed by atoms with Crippen LogP contribution in [-0.4, -0.2) is 38.2 Å². The molecule has 17 heavy (non-hydrogen) atoms. The monoisotopic (exact) mass is 255 g/mol. The van der Waals surface area contributed by atoms with E-state index in [1.807, 2.05) is 0 Å². The van der Waals surface area contributed by atoms with Crippen LogP contribution in [0.5, 0.6) is 0 Å². The van der Waals surface area contributed by atoms with E-state index >= 15 is 0 Å². The standard InChI is InChI=1S/C8H8F3NO5/c1-16-5(13)4(6(14)17-2)3-12-7(15)8(9,10)11/h3H,1-2H3,(H,12,15). The summed E-state index contributed by atoms with van der Waals surface area (Å²) in [6.07, 6.45) is -4.86. The average Bonchev–Trinajstić information content (AvgIpc) is 2.26. The van der Waals surface area contributed by atoms with Gasteiger partial charge in [0.05, 0.1) is 14.2 Å². The Morgan fingerprint density at radius 1 is 1.06 bits per heavy atom. The molecular weight excluding hydrogens is 247 g/mol. The zero-order valence-electron chi connectivity index (χ0n) is 8.75. The van der Waals surface area contributed by atoms with Gasteiger partial charge < -0.3 is 14.8 Å². The minimum atomic E-state index is -5.13. The van der Waals surface area contributed by atoms with Gasteiger partial charge in [-0.3, -0.25) is 4.79 Å². The molecule has 0 radical (unpaired) electrons. The molecule has 0 heterocycles. The van der Waals surface area contributed by atoms with Crippen molar-refractivity contribution in [3.63, 3.8) is 0 Å². The third kappa shape index (κ3) is 4.53. The van der Waals surface area contributed by atoms with E-state index in [9.17, 15) is 27.6 Å². The van der Waals surface area contributed by atoms with E-state index in [-0.39, 0.29) is 6.20 Å². The van der Waals surface area contributed by atoms with Crippen molar-refractivity contribution < 1.29 is 37.0 Å². The fourth-order valence-electron chi connectivity index (χ4n) is 0.641. The molecular formula is C8H8F3NO5. The summed E-state index contributed by atoms with van der Waals surface area (Å²) in [5, 5.41) is 1.23. The van der Waals surface area contributed by atoms with Crippen LogP contribution < -0.4 is 5.32 Å². The van der Waals surface area contributed by atoms with Gasteiger partial charge in [0, 0.05) is 6.20 Å². The Labute approximate surface area is 93.4 Å². The number of carbonyl (C=O) groups is 3. The van der Waals surface area contributed by atoms with Crippen LogP contribution in [0.2, 0.25) is 0 Å². The number of rotatable bonds is 3. The molecule has 0 spiro atoms. The Hall–Kier alpha value is -2.06. The maximum Gasteiger partial charge on any atom is 0.471 e. The lowest BCUT2D eigenvalue weighted by atomic mass is 10.3. The van der Waals surface area contributed by atoms with E-state index in [4.69, 9.17) is 0 Å². The predicted octanol–water partition coefficient (Wildman–Crippen LogP) is -0.105. The maximum atomic E-state index is 11.8. The summed E-state index contributed by atoms with van der Waals surface area (Å²) in [7, 11) is 1.81. The van der Waals surface area contributed by atoms with Gasteiger partial charge in [-0.25, -0.2) is 9.59 Å². The van der Waals surface area contributed by atoms with Crippen molar-refractivity contribution in [2.24, 2.45) is 0 Å². The average molecular weight is 255 g/mol. The van der Waals surface area contributed by atoms with Crippen LogP contribution in [0, 0.1) is 0 Å². The van der Waals surface area contributed by atoms with Gasteiger partial charge in [0.2, 0.25) is 0 Å². The van der Waals surface area contributed by atoms with Crippen LogP contribution in [0.25, 0.3) is 0 Å².